The number of hydrogen-bond acceptors (Lipinski definition) is 6. The Labute approximate surface area is 214 Å². The molecule has 178 valence electrons. The number of halogens is 3. The van der Waals surface area contributed by atoms with Crippen LogP contribution in [0.5, 0.6) is 11.5 Å². The van der Waals surface area contributed by atoms with Gasteiger partial charge < -0.3 is 9.47 Å². The zero-order valence-corrected chi connectivity index (χ0v) is 20.4. The molecule has 3 aromatic carbocycles. The number of amides is 2. The summed E-state index contributed by atoms with van der Waals surface area (Å²) in [7, 11) is 1.39. The lowest BCUT2D eigenvalue weighted by Gasteiger charge is -2.13. The maximum Gasteiger partial charge on any atom is 0.343 e. The average Bonchev–Trinajstić information content (AvgIpc) is 3.08. The molecule has 0 bridgehead atoms. The predicted molar refractivity (Wildman–Crippen MR) is 132 cm³/mol. The fourth-order valence-electron chi connectivity index (χ4n) is 3.24. The van der Waals surface area contributed by atoms with Crippen LogP contribution in [0.25, 0.3) is 6.08 Å². The van der Waals surface area contributed by atoms with E-state index in [1.807, 2.05) is 0 Å². The van der Waals surface area contributed by atoms with Gasteiger partial charge in [0, 0.05) is 10.0 Å². The number of benzene rings is 3. The van der Waals surface area contributed by atoms with Crippen LogP contribution in [-0.4, -0.2) is 29.1 Å². The number of carbonyl (C=O) groups is 3. The van der Waals surface area contributed by atoms with E-state index in [1.165, 1.54) is 37.5 Å². The molecule has 0 saturated carbocycles. The molecule has 0 unspecified atom stereocenters. The van der Waals surface area contributed by atoms with Gasteiger partial charge in [0.15, 0.2) is 11.5 Å². The Morgan fingerprint density at radius 3 is 2.57 bits per heavy atom. The minimum absolute atomic E-state index is 0.0102. The van der Waals surface area contributed by atoms with Gasteiger partial charge in [0.1, 0.15) is 5.82 Å². The molecule has 1 fully saturated rings. The SMILES string of the molecule is COc1cc(/C=C2\SC(=O)N(Cc3ccc(Cl)cc3Cl)C2=O)ccc1OC(=O)c1cccc(F)c1. The van der Waals surface area contributed by atoms with Crippen LogP contribution >= 0.6 is 35.0 Å². The normalized spacial score (nSPS) is 14.5. The molecule has 1 heterocycles. The van der Waals surface area contributed by atoms with Crippen molar-refractivity contribution in [1.29, 1.82) is 0 Å². The van der Waals surface area contributed by atoms with Crippen molar-refractivity contribution in [3.63, 3.8) is 0 Å². The molecule has 0 N–H and O–H groups in total. The predicted octanol–water partition coefficient (Wildman–Crippen LogP) is 6.60. The first-order valence-electron chi connectivity index (χ1n) is 10.1. The van der Waals surface area contributed by atoms with Crippen LogP contribution in [0.3, 0.4) is 0 Å². The lowest BCUT2D eigenvalue weighted by molar-refractivity contribution is -0.123. The van der Waals surface area contributed by atoms with Crippen molar-refractivity contribution in [2.45, 2.75) is 6.54 Å². The van der Waals surface area contributed by atoms with Gasteiger partial charge in [0.05, 0.1) is 24.1 Å². The van der Waals surface area contributed by atoms with Crippen LogP contribution < -0.4 is 9.47 Å². The summed E-state index contributed by atoms with van der Waals surface area (Å²) < 4.78 is 24.0. The molecule has 0 radical (unpaired) electrons. The monoisotopic (exact) mass is 531 g/mol. The molecule has 1 aliphatic rings. The zero-order chi connectivity index (χ0) is 25.1. The van der Waals surface area contributed by atoms with Crippen LogP contribution in [0, 0.1) is 5.82 Å². The number of rotatable bonds is 6. The number of imide groups is 1. The Bertz CT molecular complexity index is 1380. The third-order valence-electron chi connectivity index (χ3n) is 4.97. The van der Waals surface area contributed by atoms with Crippen molar-refractivity contribution in [1.82, 2.24) is 4.90 Å². The molecule has 10 heteroatoms. The van der Waals surface area contributed by atoms with E-state index >= 15 is 0 Å². The lowest BCUT2D eigenvalue weighted by Crippen LogP contribution is -2.27. The molecule has 6 nitrogen and oxygen atoms in total. The summed E-state index contributed by atoms with van der Waals surface area (Å²) in [6.07, 6.45) is 1.54. The van der Waals surface area contributed by atoms with Crippen LogP contribution in [0.1, 0.15) is 21.5 Å². The first-order valence-corrected chi connectivity index (χ1v) is 11.7. The molecule has 1 aliphatic heterocycles. The van der Waals surface area contributed by atoms with Gasteiger partial charge in [-0.2, -0.15) is 0 Å². The first kappa shape index (κ1) is 24.8. The quantitative estimate of drug-likeness (QED) is 0.203. The second-order valence-electron chi connectivity index (χ2n) is 7.31. The highest BCUT2D eigenvalue weighted by Crippen LogP contribution is 2.36. The minimum Gasteiger partial charge on any atom is -0.493 e. The van der Waals surface area contributed by atoms with Crippen LogP contribution in [-0.2, 0) is 11.3 Å². The molecular weight excluding hydrogens is 516 g/mol. The van der Waals surface area contributed by atoms with Crippen molar-refractivity contribution < 1.29 is 28.2 Å². The van der Waals surface area contributed by atoms with Crippen molar-refractivity contribution in [2.24, 2.45) is 0 Å². The van der Waals surface area contributed by atoms with Crippen molar-refractivity contribution in [3.05, 3.63) is 98.1 Å². The summed E-state index contributed by atoms with van der Waals surface area (Å²) in [5, 5.41) is 0.375. The van der Waals surface area contributed by atoms with Gasteiger partial charge >= 0.3 is 5.97 Å². The summed E-state index contributed by atoms with van der Waals surface area (Å²) in [4.78, 5) is 39.0. The number of esters is 1. The van der Waals surface area contributed by atoms with Crippen LogP contribution in [0.15, 0.2) is 65.6 Å². The van der Waals surface area contributed by atoms with E-state index in [1.54, 1.807) is 30.3 Å². The molecule has 0 aromatic heterocycles. The molecule has 0 aliphatic carbocycles. The molecule has 0 spiro atoms. The molecule has 3 aromatic rings. The van der Waals surface area contributed by atoms with Gasteiger partial charge in [-0.15, -0.1) is 0 Å². The number of nitrogens with zero attached hydrogens (tertiary/aromatic N) is 1. The lowest BCUT2D eigenvalue weighted by atomic mass is 10.1. The van der Waals surface area contributed by atoms with Gasteiger partial charge in [-0.05, 0) is 71.4 Å². The van der Waals surface area contributed by atoms with E-state index in [-0.39, 0.29) is 28.5 Å². The maximum absolute atomic E-state index is 13.4. The highest BCUT2D eigenvalue weighted by Gasteiger charge is 2.35. The third-order valence-corrected chi connectivity index (χ3v) is 6.46. The molecule has 0 atom stereocenters. The third kappa shape index (κ3) is 5.67. The van der Waals surface area contributed by atoms with Gasteiger partial charge in [0.2, 0.25) is 0 Å². The Hall–Kier alpha value is -3.33. The van der Waals surface area contributed by atoms with Gasteiger partial charge in [-0.1, -0.05) is 41.4 Å². The second kappa shape index (κ2) is 10.5. The number of carbonyl (C=O) groups excluding carboxylic acids is 3. The summed E-state index contributed by atoms with van der Waals surface area (Å²) >= 11 is 12.9. The molecule has 4 rings (SSSR count). The van der Waals surface area contributed by atoms with E-state index in [9.17, 15) is 18.8 Å². The smallest absolute Gasteiger partial charge is 0.343 e. The zero-order valence-electron chi connectivity index (χ0n) is 18.1. The fourth-order valence-corrected chi connectivity index (χ4v) is 4.55. The van der Waals surface area contributed by atoms with Gasteiger partial charge in [0.25, 0.3) is 11.1 Å². The van der Waals surface area contributed by atoms with E-state index in [0.29, 0.717) is 21.2 Å². The Morgan fingerprint density at radius 2 is 1.86 bits per heavy atom. The Kier molecular flexibility index (Phi) is 7.45. The standard InChI is InChI=1S/C25H16Cl2FNO5S/c1-33-21-9-14(5-8-20(21)34-24(31)15-3-2-4-18(28)11-15)10-22-23(30)29(25(32)35-22)13-16-6-7-17(26)12-19(16)27/h2-12H,13H2,1H3/b22-10-. The van der Waals surface area contributed by atoms with Crippen LogP contribution in [0.4, 0.5) is 9.18 Å². The molecule has 2 amide bonds. The van der Waals surface area contributed by atoms with Crippen molar-refractivity contribution in [2.75, 3.05) is 7.11 Å². The number of hydrogen-bond donors (Lipinski definition) is 0. The topological polar surface area (TPSA) is 72.9 Å². The van der Waals surface area contributed by atoms with E-state index in [4.69, 9.17) is 32.7 Å². The summed E-state index contributed by atoms with van der Waals surface area (Å²) in [5.41, 5.74) is 1.18. The minimum atomic E-state index is -0.752. The summed E-state index contributed by atoms with van der Waals surface area (Å²) in [6, 6.07) is 14.6. The van der Waals surface area contributed by atoms with E-state index < -0.39 is 22.9 Å². The fraction of sp³-hybridized carbons (Fsp3) is 0.0800. The van der Waals surface area contributed by atoms with Gasteiger partial charge in [-0.3, -0.25) is 14.5 Å². The molecule has 35 heavy (non-hydrogen) atoms. The van der Waals surface area contributed by atoms with Crippen LogP contribution in [0.2, 0.25) is 10.0 Å². The number of methoxy groups -OCH3 is 1. The average molecular weight is 532 g/mol. The first-order chi connectivity index (χ1) is 16.7. The highest BCUT2D eigenvalue weighted by atomic mass is 35.5. The van der Waals surface area contributed by atoms with Crippen molar-refractivity contribution >= 4 is 58.2 Å². The summed E-state index contributed by atoms with van der Waals surface area (Å²) in [5.74, 6) is -1.45. The van der Waals surface area contributed by atoms with Crippen molar-refractivity contribution in [3.8, 4) is 11.5 Å². The van der Waals surface area contributed by atoms with Gasteiger partial charge in [-0.25, -0.2) is 9.18 Å². The molecular formula is C25H16Cl2FNO5S. The number of thioether (sulfide) groups is 1. The van der Waals surface area contributed by atoms with E-state index in [0.717, 1.165) is 22.7 Å². The molecule has 1 saturated heterocycles. The Balaban J connectivity index is 1.52. The summed E-state index contributed by atoms with van der Waals surface area (Å²) in [6.45, 7) is 0.0102. The second-order valence-corrected chi connectivity index (χ2v) is 9.15. The van der Waals surface area contributed by atoms with E-state index in [2.05, 4.69) is 0 Å². The Morgan fingerprint density at radius 1 is 1.06 bits per heavy atom. The highest BCUT2D eigenvalue weighted by molar-refractivity contribution is 8.18. The maximum atomic E-state index is 13.4. The number of ether oxygens (including phenoxy) is 2. The largest absolute Gasteiger partial charge is 0.493 e.